The third-order valence-electron chi connectivity index (χ3n) is 4.94. The van der Waals surface area contributed by atoms with Gasteiger partial charge < -0.3 is 20.4 Å². The van der Waals surface area contributed by atoms with Crippen LogP contribution in [0.4, 0.5) is 0 Å². The molecule has 0 aliphatic rings. The Morgan fingerprint density at radius 2 is 1.31 bits per heavy atom. The van der Waals surface area contributed by atoms with E-state index in [1.165, 1.54) is 38.5 Å². The Morgan fingerprint density at radius 1 is 0.793 bits per heavy atom. The standard InChI is InChI=1S/C22H41NO5.Na/c1-3-5-7-8-9-10-11-12-13-14-19(24)20(15-6-4-2)28-21(25)17-16-18(23)22(26)27;/h18,20H,3-17,23H2,1-2H3,(H,26,27);/q;+1/p-1/t18-,20?;/m0./s1. The predicted octanol–water partition coefficient (Wildman–Crippen LogP) is 0.440. The second-order valence-corrected chi connectivity index (χ2v) is 7.63. The van der Waals surface area contributed by atoms with E-state index in [1.807, 2.05) is 6.92 Å². The maximum absolute atomic E-state index is 12.4. The van der Waals surface area contributed by atoms with Crippen molar-refractivity contribution in [1.82, 2.24) is 0 Å². The molecule has 0 bridgehead atoms. The molecule has 29 heavy (non-hydrogen) atoms. The third kappa shape index (κ3) is 18.1. The van der Waals surface area contributed by atoms with Crippen LogP contribution < -0.4 is 40.4 Å². The smallest absolute Gasteiger partial charge is 0.548 e. The molecular formula is C22H40NNaO5. The Bertz CT molecular complexity index is 445. The third-order valence-corrected chi connectivity index (χ3v) is 4.94. The average Bonchev–Trinajstić information content (AvgIpc) is 2.67. The molecule has 164 valence electrons. The van der Waals surface area contributed by atoms with E-state index in [2.05, 4.69) is 6.92 Å². The molecular weight excluding hydrogens is 381 g/mol. The minimum absolute atomic E-state index is 0. The Morgan fingerprint density at radius 3 is 1.83 bits per heavy atom. The Hall–Kier alpha value is -0.430. The van der Waals surface area contributed by atoms with Crippen molar-refractivity contribution < 1.29 is 53.8 Å². The monoisotopic (exact) mass is 421 g/mol. The van der Waals surface area contributed by atoms with Crippen LogP contribution in [0.2, 0.25) is 0 Å². The van der Waals surface area contributed by atoms with Crippen LogP contribution in [0.1, 0.15) is 110 Å². The van der Waals surface area contributed by atoms with Gasteiger partial charge in [-0.2, -0.15) is 0 Å². The Labute approximate surface area is 199 Å². The molecule has 0 aliphatic carbocycles. The van der Waals surface area contributed by atoms with E-state index in [9.17, 15) is 19.5 Å². The first-order chi connectivity index (χ1) is 13.4. The molecule has 0 radical (unpaired) electrons. The Kier molecular flexibility index (Phi) is 22.1. The molecule has 0 spiro atoms. The summed E-state index contributed by atoms with van der Waals surface area (Å²) in [6, 6.07) is -1.20. The summed E-state index contributed by atoms with van der Waals surface area (Å²) < 4.78 is 5.32. The van der Waals surface area contributed by atoms with Crippen molar-refractivity contribution in [2.75, 3.05) is 0 Å². The second-order valence-electron chi connectivity index (χ2n) is 7.63. The topological polar surface area (TPSA) is 110 Å². The first-order valence-electron chi connectivity index (χ1n) is 11.1. The van der Waals surface area contributed by atoms with Gasteiger partial charge in [-0.3, -0.25) is 9.59 Å². The molecule has 0 saturated heterocycles. The molecule has 1 unspecified atom stereocenters. The van der Waals surface area contributed by atoms with Crippen LogP contribution >= 0.6 is 0 Å². The molecule has 0 saturated carbocycles. The van der Waals surface area contributed by atoms with E-state index >= 15 is 0 Å². The number of carboxylic acid groups (broad SMARTS) is 1. The number of ketones is 1. The molecule has 2 atom stereocenters. The summed E-state index contributed by atoms with van der Waals surface area (Å²) in [6.45, 7) is 4.23. The van der Waals surface area contributed by atoms with Crippen LogP contribution in [-0.4, -0.2) is 29.9 Å². The molecule has 0 aromatic heterocycles. The van der Waals surface area contributed by atoms with E-state index in [0.717, 1.165) is 32.1 Å². The van der Waals surface area contributed by atoms with Crippen LogP contribution in [0, 0.1) is 0 Å². The molecule has 0 aromatic rings. The van der Waals surface area contributed by atoms with Gasteiger partial charge in [0.05, 0.1) is 5.97 Å². The number of carboxylic acids is 1. The van der Waals surface area contributed by atoms with Crippen LogP contribution in [0.15, 0.2) is 0 Å². The molecule has 0 fully saturated rings. The van der Waals surface area contributed by atoms with Crippen LogP contribution in [-0.2, 0) is 19.1 Å². The van der Waals surface area contributed by atoms with E-state index in [1.54, 1.807) is 0 Å². The van der Waals surface area contributed by atoms with Crippen molar-refractivity contribution in [2.45, 2.75) is 122 Å². The summed E-state index contributed by atoms with van der Waals surface area (Å²) in [5.41, 5.74) is 5.34. The van der Waals surface area contributed by atoms with Crippen LogP contribution in [0.25, 0.3) is 0 Å². The second kappa shape index (κ2) is 20.8. The number of ether oxygens (including phenoxy) is 1. The first kappa shape index (κ1) is 30.8. The molecule has 0 rings (SSSR count). The maximum Gasteiger partial charge on any atom is 1.00 e. The zero-order valence-corrected chi connectivity index (χ0v) is 20.9. The Balaban J connectivity index is 0. The largest absolute Gasteiger partial charge is 1.00 e. The van der Waals surface area contributed by atoms with Gasteiger partial charge in [0, 0.05) is 18.9 Å². The van der Waals surface area contributed by atoms with E-state index in [0.29, 0.717) is 12.8 Å². The normalized spacial score (nSPS) is 12.7. The molecule has 0 heterocycles. The number of hydrogen-bond acceptors (Lipinski definition) is 6. The van der Waals surface area contributed by atoms with Crippen LogP contribution in [0.5, 0.6) is 0 Å². The fourth-order valence-electron chi connectivity index (χ4n) is 3.05. The van der Waals surface area contributed by atoms with Gasteiger partial charge >= 0.3 is 35.5 Å². The summed E-state index contributed by atoms with van der Waals surface area (Å²) in [4.78, 5) is 35.0. The quantitative estimate of drug-likeness (QED) is 0.184. The fraction of sp³-hybridized carbons (Fsp3) is 0.864. The van der Waals surface area contributed by atoms with Crippen molar-refractivity contribution in [1.29, 1.82) is 0 Å². The predicted molar refractivity (Wildman–Crippen MR) is 108 cm³/mol. The van der Waals surface area contributed by atoms with Crippen molar-refractivity contribution in [3.8, 4) is 0 Å². The van der Waals surface area contributed by atoms with Gasteiger partial charge in [0.25, 0.3) is 0 Å². The number of unbranched alkanes of at least 4 members (excludes halogenated alkanes) is 9. The van der Waals surface area contributed by atoms with Gasteiger partial charge in [-0.25, -0.2) is 0 Å². The molecule has 7 heteroatoms. The number of aliphatic carboxylic acids is 1. The minimum Gasteiger partial charge on any atom is -0.548 e. The SMILES string of the molecule is CCCCCCCCCCCC(=O)C(CCCC)OC(=O)CC[C@H](N)C(=O)[O-].[Na+]. The van der Waals surface area contributed by atoms with Gasteiger partial charge in [0.1, 0.15) is 0 Å². The summed E-state index contributed by atoms with van der Waals surface area (Å²) in [5, 5.41) is 10.6. The van der Waals surface area contributed by atoms with E-state index < -0.39 is 24.1 Å². The number of carbonyl (C=O) groups excluding carboxylic acids is 3. The summed E-state index contributed by atoms with van der Waals surface area (Å²) in [7, 11) is 0. The van der Waals surface area contributed by atoms with Crippen molar-refractivity contribution in [2.24, 2.45) is 5.73 Å². The number of Topliss-reactive ketones (excluding diaryl/α,β-unsaturated/α-hetero) is 1. The summed E-state index contributed by atoms with van der Waals surface area (Å²) in [5.74, 6) is -2.00. The van der Waals surface area contributed by atoms with Crippen molar-refractivity contribution in [3.05, 3.63) is 0 Å². The molecule has 0 aromatic carbocycles. The average molecular weight is 422 g/mol. The van der Waals surface area contributed by atoms with E-state index in [-0.39, 0.29) is 48.2 Å². The number of carbonyl (C=O) groups is 3. The zero-order valence-electron chi connectivity index (χ0n) is 18.9. The first-order valence-corrected chi connectivity index (χ1v) is 11.1. The minimum atomic E-state index is -1.39. The number of hydrogen-bond donors (Lipinski definition) is 1. The van der Waals surface area contributed by atoms with E-state index in [4.69, 9.17) is 10.5 Å². The number of nitrogens with two attached hydrogens (primary N) is 1. The van der Waals surface area contributed by atoms with Crippen LogP contribution in [0.3, 0.4) is 0 Å². The molecule has 0 aliphatic heterocycles. The molecule has 0 amide bonds. The van der Waals surface area contributed by atoms with Gasteiger partial charge in [-0.05, 0) is 25.7 Å². The van der Waals surface area contributed by atoms with Gasteiger partial charge in [0.2, 0.25) is 0 Å². The maximum atomic E-state index is 12.4. The van der Waals surface area contributed by atoms with Gasteiger partial charge in [0.15, 0.2) is 11.9 Å². The number of rotatable bonds is 19. The van der Waals surface area contributed by atoms with Gasteiger partial charge in [-0.1, -0.05) is 71.6 Å². The summed E-state index contributed by atoms with van der Waals surface area (Å²) in [6.07, 6.45) is 12.4. The van der Waals surface area contributed by atoms with Gasteiger partial charge in [-0.15, -0.1) is 0 Å². The van der Waals surface area contributed by atoms with Crippen molar-refractivity contribution in [3.63, 3.8) is 0 Å². The van der Waals surface area contributed by atoms with Crippen molar-refractivity contribution >= 4 is 17.7 Å². The number of esters is 1. The fourth-order valence-corrected chi connectivity index (χ4v) is 3.05. The summed E-state index contributed by atoms with van der Waals surface area (Å²) >= 11 is 0. The molecule has 6 nitrogen and oxygen atoms in total. The zero-order chi connectivity index (χ0) is 21.2. The molecule has 2 N–H and O–H groups in total.